The van der Waals surface area contributed by atoms with Crippen LogP contribution in [0, 0.1) is 13.8 Å². The molecule has 2 N–H and O–H groups in total. The van der Waals surface area contributed by atoms with Crippen LogP contribution in [0.1, 0.15) is 24.0 Å². The molecule has 0 aliphatic rings. The fourth-order valence-electron chi connectivity index (χ4n) is 2.37. The van der Waals surface area contributed by atoms with E-state index in [4.69, 9.17) is 9.47 Å². The van der Waals surface area contributed by atoms with E-state index in [2.05, 4.69) is 10.6 Å². The summed E-state index contributed by atoms with van der Waals surface area (Å²) in [6, 6.07) is 12.4. The molecular formula is C21H24N2O5. The summed E-state index contributed by atoms with van der Waals surface area (Å²) in [7, 11) is 1.53. The van der Waals surface area contributed by atoms with Gasteiger partial charge >= 0.3 is 5.97 Å². The largest absolute Gasteiger partial charge is 0.497 e. The summed E-state index contributed by atoms with van der Waals surface area (Å²) < 4.78 is 9.98. The molecule has 28 heavy (non-hydrogen) atoms. The van der Waals surface area contributed by atoms with Gasteiger partial charge in [-0.05, 0) is 49.2 Å². The maximum atomic E-state index is 11.9. The van der Waals surface area contributed by atoms with Gasteiger partial charge in [-0.3, -0.25) is 14.4 Å². The molecule has 7 nitrogen and oxygen atoms in total. The molecule has 0 atom stereocenters. The Bertz CT molecular complexity index is 864. The third kappa shape index (κ3) is 6.75. The monoisotopic (exact) mass is 384 g/mol. The molecule has 0 aliphatic carbocycles. The lowest BCUT2D eigenvalue weighted by Crippen LogP contribution is -2.21. The Hall–Kier alpha value is -3.35. The average molecular weight is 384 g/mol. The number of nitrogens with one attached hydrogen (secondary N) is 2. The number of esters is 1. The molecule has 2 rings (SSSR count). The first-order chi connectivity index (χ1) is 13.4. The molecule has 7 heteroatoms. The summed E-state index contributed by atoms with van der Waals surface area (Å²) in [6.45, 7) is 3.52. The summed E-state index contributed by atoms with van der Waals surface area (Å²) in [4.78, 5) is 35.5. The maximum absolute atomic E-state index is 11.9. The number of amides is 2. The summed E-state index contributed by atoms with van der Waals surface area (Å²) in [5.74, 6) is -0.775. The molecule has 0 saturated carbocycles. The van der Waals surface area contributed by atoms with Gasteiger partial charge in [-0.2, -0.15) is 0 Å². The summed E-state index contributed by atoms with van der Waals surface area (Å²) in [6.07, 6.45) is -0.133. The highest BCUT2D eigenvalue weighted by atomic mass is 16.5. The van der Waals surface area contributed by atoms with Crippen molar-refractivity contribution in [3.05, 3.63) is 53.6 Å². The fourth-order valence-corrected chi connectivity index (χ4v) is 2.37. The number of rotatable bonds is 8. The summed E-state index contributed by atoms with van der Waals surface area (Å²) in [5.41, 5.74) is 3.42. The van der Waals surface area contributed by atoms with E-state index < -0.39 is 18.5 Å². The quantitative estimate of drug-likeness (QED) is 0.682. The van der Waals surface area contributed by atoms with Gasteiger partial charge in [-0.15, -0.1) is 0 Å². The van der Waals surface area contributed by atoms with Crippen molar-refractivity contribution in [2.24, 2.45) is 0 Å². The van der Waals surface area contributed by atoms with E-state index in [-0.39, 0.29) is 18.7 Å². The van der Waals surface area contributed by atoms with Gasteiger partial charge < -0.3 is 20.1 Å². The molecule has 148 valence electrons. The van der Waals surface area contributed by atoms with Crippen LogP contribution >= 0.6 is 0 Å². The first-order valence-corrected chi connectivity index (χ1v) is 8.84. The van der Waals surface area contributed by atoms with Crippen molar-refractivity contribution < 1.29 is 23.9 Å². The van der Waals surface area contributed by atoms with Gasteiger partial charge in [-0.1, -0.05) is 12.1 Å². The molecule has 0 unspecified atom stereocenters. The highest BCUT2D eigenvalue weighted by molar-refractivity contribution is 5.94. The van der Waals surface area contributed by atoms with Gasteiger partial charge in [-0.25, -0.2) is 0 Å². The first-order valence-electron chi connectivity index (χ1n) is 8.84. The van der Waals surface area contributed by atoms with Crippen LogP contribution < -0.4 is 15.4 Å². The van der Waals surface area contributed by atoms with Gasteiger partial charge in [0.15, 0.2) is 6.61 Å². The first kappa shape index (κ1) is 21.0. The number of methoxy groups -OCH3 is 1. The van der Waals surface area contributed by atoms with E-state index in [0.717, 1.165) is 11.1 Å². The molecule has 0 bridgehead atoms. The van der Waals surface area contributed by atoms with E-state index in [1.807, 2.05) is 32.0 Å². The molecule has 2 amide bonds. The smallest absolute Gasteiger partial charge is 0.306 e. The molecule has 0 aromatic heterocycles. The summed E-state index contributed by atoms with van der Waals surface area (Å²) in [5, 5.41) is 5.34. The normalized spacial score (nSPS) is 10.1. The number of anilines is 2. The number of benzene rings is 2. The predicted molar refractivity (Wildman–Crippen MR) is 106 cm³/mol. The van der Waals surface area contributed by atoms with Crippen molar-refractivity contribution in [1.29, 1.82) is 0 Å². The lowest BCUT2D eigenvalue weighted by molar-refractivity contribution is -0.147. The van der Waals surface area contributed by atoms with Crippen LogP contribution in [-0.2, 0) is 19.1 Å². The molecule has 0 spiro atoms. The van der Waals surface area contributed by atoms with Crippen molar-refractivity contribution >= 4 is 29.2 Å². The Morgan fingerprint density at radius 3 is 2.29 bits per heavy atom. The zero-order valence-corrected chi connectivity index (χ0v) is 16.2. The van der Waals surface area contributed by atoms with E-state index in [1.165, 1.54) is 7.11 Å². The van der Waals surface area contributed by atoms with Crippen molar-refractivity contribution in [3.63, 3.8) is 0 Å². The Morgan fingerprint density at radius 1 is 0.857 bits per heavy atom. The number of carbonyl (C=O) groups is 3. The third-order valence-corrected chi connectivity index (χ3v) is 4.06. The lowest BCUT2D eigenvalue weighted by atomic mass is 10.1. The molecule has 0 aliphatic heterocycles. The number of carbonyl (C=O) groups excluding carboxylic acids is 3. The van der Waals surface area contributed by atoms with Crippen LogP contribution in [0.15, 0.2) is 42.5 Å². The fraction of sp³-hybridized carbons (Fsp3) is 0.286. The van der Waals surface area contributed by atoms with E-state index in [1.54, 1.807) is 24.3 Å². The zero-order valence-electron chi connectivity index (χ0n) is 16.2. The molecule has 0 fully saturated rings. The predicted octanol–water partition coefficient (Wildman–Crippen LogP) is 3.21. The molecular weight excluding hydrogens is 360 g/mol. The highest BCUT2D eigenvalue weighted by Gasteiger charge is 2.11. The van der Waals surface area contributed by atoms with Gasteiger partial charge in [0.2, 0.25) is 5.91 Å². The molecule has 2 aromatic carbocycles. The number of hydrogen-bond acceptors (Lipinski definition) is 5. The van der Waals surface area contributed by atoms with Crippen LogP contribution in [0.25, 0.3) is 0 Å². The van der Waals surface area contributed by atoms with E-state index in [0.29, 0.717) is 17.1 Å². The van der Waals surface area contributed by atoms with Gasteiger partial charge in [0, 0.05) is 23.9 Å². The Morgan fingerprint density at radius 2 is 1.57 bits per heavy atom. The minimum atomic E-state index is -0.615. The second kappa shape index (κ2) is 10.1. The second-order valence-electron chi connectivity index (χ2n) is 6.29. The average Bonchev–Trinajstić information content (AvgIpc) is 2.67. The minimum Gasteiger partial charge on any atom is -0.497 e. The van der Waals surface area contributed by atoms with Crippen molar-refractivity contribution in [2.75, 3.05) is 24.4 Å². The highest BCUT2D eigenvalue weighted by Crippen LogP contribution is 2.17. The second-order valence-corrected chi connectivity index (χ2v) is 6.29. The summed E-state index contributed by atoms with van der Waals surface area (Å²) >= 11 is 0. The van der Waals surface area contributed by atoms with Crippen LogP contribution in [0.3, 0.4) is 0 Å². The standard InChI is InChI=1S/C21H24N2O5/c1-14-7-8-17(11-15(14)2)22-19(24)9-10-21(26)28-13-20(25)23-16-5-4-6-18(12-16)27-3/h4-8,11-12H,9-10,13H2,1-3H3,(H,22,24)(H,23,25). The van der Waals surface area contributed by atoms with Crippen LogP contribution in [-0.4, -0.2) is 31.5 Å². The van der Waals surface area contributed by atoms with Crippen molar-refractivity contribution in [3.8, 4) is 5.75 Å². The third-order valence-electron chi connectivity index (χ3n) is 4.06. The number of ether oxygens (including phenoxy) is 2. The molecule has 0 heterocycles. The molecule has 2 aromatic rings. The SMILES string of the molecule is COc1cccc(NC(=O)COC(=O)CCC(=O)Nc2ccc(C)c(C)c2)c1. The Kier molecular flexibility index (Phi) is 7.56. The van der Waals surface area contributed by atoms with Crippen molar-refractivity contribution in [1.82, 2.24) is 0 Å². The Balaban J connectivity index is 1.70. The Labute approximate surface area is 164 Å². The van der Waals surface area contributed by atoms with E-state index in [9.17, 15) is 14.4 Å². The van der Waals surface area contributed by atoms with Gasteiger partial charge in [0.25, 0.3) is 5.91 Å². The van der Waals surface area contributed by atoms with Gasteiger partial charge in [0.1, 0.15) is 5.75 Å². The van der Waals surface area contributed by atoms with Crippen LogP contribution in [0.5, 0.6) is 5.75 Å². The van der Waals surface area contributed by atoms with Crippen LogP contribution in [0.4, 0.5) is 11.4 Å². The van der Waals surface area contributed by atoms with Crippen molar-refractivity contribution in [2.45, 2.75) is 26.7 Å². The minimum absolute atomic E-state index is 0.0245. The zero-order chi connectivity index (χ0) is 20.5. The lowest BCUT2D eigenvalue weighted by Gasteiger charge is -2.09. The van der Waals surface area contributed by atoms with Gasteiger partial charge in [0.05, 0.1) is 13.5 Å². The van der Waals surface area contributed by atoms with Crippen LogP contribution in [0.2, 0.25) is 0 Å². The molecule has 0 radical (unpaired) electrons. The molecule has 0 saturated heterocycles. The topological polar surface area (TPSA) is 93.7 Å². The maximum Gasteiger partial charge on any atom is 0.306 e. The number of aryl methyl sites for hydroxylation is 2. The van der Waals surface area contributed by atoms with E-state index >= 15 is 0 Å². The number of hydrogen-bond donors (Lipinski definition) is 2.